The van der Waals surface area contributed by atoms with Gasteiger partial charge in [-0.3, -0.25) is 0 Å². The van der Waals surface area contributed by atoms with Gasteiger partial charge in [-0.1, -0.05) is 6.07 Å². The van der Waals surface area contributed by atoms with Crippen LogP contribution in [0.2, 0.25) is 0 Å². The van der Waals surface area contributed by atoms with Crippen molar-refractivity contribution in [2.45, 2.75) is 37.2 Å². The smallest absolute Gasteiger partial charge is 0.243 e. The van der Waals surface area contributed by atoms with E-state index in [-0.39, 0.29) is 18.0 Å². The summed E-state index contributed by atoms with van der Waals surface area (Å²) in [6, 6.07) is 3.76. The maximum atomic E-state index is 13.2. The number of sulfonamides is 1. The second-order valence-corrected chi connectivity index (χ2v) is 7.22. The lowest BCUT2D eigenvalue weighted by Gasteiger charge is -2.35. The molecule has 1 aromatic carbocycles. The Morgan fingerprint density at radius 2 is 1.89 bits per heavy atom. The summed E-state index contributed by atoms with van der Waals surface area (Å²) in [4.78, 5) is 0.00837. The van der Waals surface area contributed by atoms with Crippen molar-refractivity contribution in [3.63, 3.8) is 0 Å². The van der Waals surface area contributed by atoms with Crippen molar-refractivity contribution in [3.8, 4) is 0 Å². The Bertz CT molecular complexity index is 574. The van der Waals surface area contributed by atoms with E-state index in [1.54, 1.807) is 13.8 Å². The van der Waals surface area contributed by atoms with Crippen molar-refractivity contribution in [2.75, 3.05) is 13.1 Å². The van der Waals surface area contributed by atoms with Crippen LogP contribution in [0.25, 0.3) is 0 Å². The van der Waals surface area contributed by atoms with Crippen LogP contribution in [0.5, 0.6) is 0 Å². The average molecular weight is 287 g/mol. The third-order valence-electron chi connectivity index (χ3n) is 3.57. The molecule has 1 aliphatic rings. The number of aliphatic hydroxyl groups is 1. The minimum Gasteiger partial charge on any atom is -0.390 e. The summed E-state index contributed by atoms with van der Waals surface area (Å²) < 4.78 is 39.5. The monoisotopic (exact) mass is 287 g/mol. The Morgan fingerprint density at radius 1 is 1.32 bits per heavy atom. The quantitative estimate of drug-likeness (QED) is 0.900. The molecular formula is C13H18FNO3S. The highest BCUT2D eigenvalue weighted by Crippen LogP contribution is 2.27. The fourth-order valence-electron chi connectivity index (χ4n) is 2.20. The van der Waals surface area contributed by atoms with Crippen LogP contribution in [-0.4, -0.2) is 36.5 Å². The molecule has 0 unspecified atom stereocenters. The zero-order valence-corrected chi connectivity index (χ0v) is 11.9. The number of piperidine rings is 1. The first-order chi connectivity index (χ1) is 8.72. The zero-order valence-electron chi connectivity index (χ0n) is 11.1. The summed E-state index contributed by atoms with van der Waals surface area (Å²) >= 11 is 0. The van der Waals surface area contributed by atoms with Gasteiger partial charge < -0.3 is 5.11 Å². The third kappa shape index (κ3) is 2.96. The molecule has 1 aliphatic heterocycles. The molecule has 1 heterocycles. The second-order valence-electron chi connectivity index (χ2n) is 5.31. The van der Waals surface area contributed by atoms with Gasteiger partial charge in [-0.05, 0) is 44.4 Å². The van der Waals surface area contributed by atoms with Crippen molar-refractivity contribution in [2.24, 2.45) is 0 Å². The maximum absolute atomic E-state index is 13.2. The molecule has 0 saturated carbocycles. The van der Waals surface area contributed by atoms with Gasteiger partial charge in [-0.25, -0.2) is 12.8 Å². The molecule has 106 valence electrons. The number of nitrogens with zero attached hydrogens (tertiary/aromatic N) is 1. The lowest BCUT2D eigenvalue weighted by atomic mass is 9.95. The van der Waals surface area contributed by atoms with Crippen LogP contribution in [0.15, 0.2) is 23.1 Å². The molecule has 0 aromatic heterocycles. The maximum Gasteiger partial charge on any atom is 0.243 e. The predicted octanol–water partition coefficient (Wildman–Crippen LogP) is 1.67. The molecule has 2 rings (SSSR count). The average Bonchev–Trinajstić information content (AvgIpc) is 2.31. The SMILES string of the molecule is Cc1ccc(F)cc1S(=O)(=O)N1CCC(C)(O)CC1. The number of rotatable bonds is 2. The van der Waals surface area contributed by atoms with Crippen molar-refractivity contribution in [3.05, 3.63) is 29.6 Å². The van der Waals surface area contributed by atoms with Crippen LogP contribution in [0.1, 0.15) is 25.3 Å². The van der Waals surface area contributed by atoms with Crippen molar-refractivity contribution >= 4 is 10.0 Å². The van der Waals surface area contributed by atoms with Crippen molar-refractivity contribution in [1.82, 2.24) is 4.31 Å². The van der Waals surface area contributed by atoms with Crippen LogP contribution in [-0.2, 0) is 10.0 Å². The normalized spacial score (nSPS) is 20.4. The van der Waals surface area contributed by atoms with Crippen LogP contribution in [0, 0.1) is 12.7 Å². The largest absolute Gasteiger partial charge is 0.390 e. The van der Waals surface area contributed by atoms with Crippen LogP contribution >= 0.6 is 0 Å². The number of halogens is 1. The Labute approximate surface area is 112 Å². The van der Waals surface area contributed by atoms with E-state index in [1.165, 1.54) is 16.4 Å². The van der Waals surface area contributed by atoms with Gasteiger partial charge in [0.25, 0.3) is 0 Å². The van der Waals surface area contributed by atoms with Crippen LogP contribution < -0.4 is 0 Å². The van der Waals surface area contributed by atoms with Gasteiger partial charge in [-0.15, -0.1) is 0 Å². The first-order valence-corrected chi connectivity index (χ1v) is 7.65. The molecule has 1 saturated heterocycles. The minimum absolute atomic E-state index is 0.00837. The Balaban J connectivity index is 2.31. The molecule has 4 nitrogen and oxygen atoms in total. The summed E-state index contributed by atoms with van der Waals surface area (Å²) in [5, 5.41) is 9.85. The van der Waals surface area contributed by atoms with E-state index in [1.807, 2.05) is 0 Å². The first kappa shape index (κ1) is 14.4. The highest BCUT2D eigenvalue weighted by atomic mass is 32.2. The topological polar surface area (TPSA) is 57.6 Å². The number of benzene rings is 1. The molecule has 0 spiro atoms. The Hall–Kier alpha value is -0.980. The molecule has 1 fully saturated rings. The molecule has 0 aliphatic carbocycles. The molecule has 19 heavy (non-hydrogen) atoms. The van der Waals surface area contributed by atoms with Gasteiger partial charge in [0.15, 0.2) is 0 Å². The van der Waals surface area contributed by atoms with E-state index < -0.39 is 21.4 Å². The van der Waals surface area contributed by atoms with Gasteiger partial charge >= 0.3 is 0 Å². The highest BCUT2D eigenvalue weighted by molar-refractivity contribution is 7.89. The summed E-state index contributed by atoms with van der Waals surface area (Å²) in [5.41, 5.74) is -0.290. The minimum atomic E-state index is -3.68. The van der Waals surface area contributed by atoms with Gasteiger partial charge in [0.2, 0.25) is 10.0 Å². The Morgan fingerprint density at radius 3 is 2.47 bits per heavy atom. The summed E-state index contributed by atoms with van der Waals surface area (Å²) in [7, 11) is -3.68. The first-order valence-electron chi connectivity index (χ1n) is 6.21. The molecule has 0 radical (unpaired) electrons. The summed E-state index contributed by atoms with van der Waals surface area (Å²) in [6.45, 7) is 3.85. The standard InChI is InChI=1S/C13H18FNO3S/c1-10-3-4-11(14)9-12(10)19(17,18)15-7-5-13(2,16)6-8-15/h3-4,9,16H,5-8H2,1-2H3. The van der Waals surface area contributed by atoms with Gasteiger partial charge in [0.1, 0.15) is 5.82 Å². The molecule has 0 amide bonds. The fourth-order valence-corrected chi connectivity index (χ4v) is 3.88. The van der Waals surface area contributed by atoms with Gasteiger partial charge in [0, 0.05) is 13.1 Å². The molecule has 0 atom stereocenters. The predicted molar refractivity (Wildman–Crippen MR) is 69.8 cm³/mol. The van der Waals surface area contributed by atoms with E-state index >= 15 is 0 Å². The number of hydrogen-bond acceptors (Lipinski definition) is 3. The van der Waals surface area contributed by atoms with Crippen molar-refractivity contribution < 1.29 is 17.9 Å². The molecular weight excluding hydrogens is 269 g/mol. The lowest BCUT2D eigenvalue weighted by Crippen LogP contribution is -2.45. The van der Waals surface area contributed by atoms with Gasteiger partial charge in [-0.2, -0.15) is 4.31 Å². The third-order valence-corrected chi connectivity index (χ3v) is 5.61. The van der Waals surface area contributed by atoms with Crippen molar-refractivity contribution in [1.29, 1.82) is 0 Å². The van der Waals surface area contributed by atoms with Crippen LogP contribution in [0.4, 0.5) is 4.39 Å². The fraction of sp³-hybridized carbons (Fsp3) is 0.538. The van der Waals surface area contributed by atoms with Crippen LogP contribution in [0.3, 0.4) is 0 Å². The second kappa shape index (κ2) is 4.85. The van der Waals surface area contributed by atoms with E-state index in [4.69, 9.17) is 0 Å². The van der Waals surface area contributed by atoms with E-state index in [0.717, 1.165) is 6.07 Å². The molecule has 1 N–H and O–H groups in total. The molecule has 1 aromatic rings. The summed E-state index contributed by atoms with van der Waals surface area (Å²) in [6.07, 6.45) is 0.779. The van der Waals surface area contributed by atoms with Gasteiger partial charge in [0.05, 0.1) is 10.5 Å². The molecule has 6 heteroatoms. The number of hydrogen-bond donors (Lipinski definition) is 1. The van der Waals surface area contributed by atoms with E-state index in [2.05, 4.69) is 0 Å². The van der Waals surface area contributed by atoms with E-state index in [0.29, 0.717) is 18.4 Å². The number of aryl methyl sites for hydroxylation is 1. The zero-order chi connectivity index (χ0) is 14.3. The van der Waals surface area contributed by atoms with E-state index in [9.17, 15) is 17.9 Å². The molecule has 0 bridgehead atoms. The lowest BCUT2D eigenvalue weighted by molar-refractivity contribution is 0.0126. The summed E-state index contributed by atoms with van der Waals surface area (Å²) in [5.74, 6) is -0.562. The highest BCUT2D eigenvalue weighted by Gasteiger charge is 2.34. The Kier molecular flexibility index (Phi) is 3.68.